The van der Waals surface area contributed by atoms with E-state index in [9.17, 15) is 9.59 Å². The topological polar surface area (TPSA) is 66.4 Å². The molecule has 68 valence electrons. The molecule has 0 heterocycles. The summed E-state index contributed by atoms with van der Waals surface area (Å²) >= 11 is 0. The first-order valence-electron chi connectivity index (χ1n) is 3.67. The Morgan fingerprint density at radius 1 is 1.67 bits per heavy atom. The van der Waals surface area contributed by atoms with Crippen LogP contribution < -0.4 is 5.32 Å². The number of carbonyl (C=O) groups is 2. The summed E-state index contributed by atoms with van der Waals surface area (Å²) in [4.78, 5) is 21.1. The number of carbonyl (C=O) groups excluding carboxylic acids is 1. The lowest BCUT2D eigenvalue weighted by atomic mass is 10.1. The average molecular weight is 171 g/mol. The molecule has 12 heavy (non-hydrogen) atoms. The maximum atomic E-state index is 10.7. The van der Waals surface area contributed by atoms with E-state index in [1.165, 1.54) is 6.08 Å². The third-order valence-electron chi connectivity index (χ3n) is 1.55. The van der Waals surface area contributed by atoms with E-state index in [1.54, 1.807) is 7.05 Å². The Bertz CT molecular complexity index is 189. The normalized spacial score (nSPS) is 12.1. The third kappa shape index (κ3) is 3.88. The summed E-state index contributed by atoms with van der Waals surface area (Å²) in [6.07, 6.45) is 1.73. The van der Waals surface area contributed by atoms with Crippen LogP contribution in [0.5, 0.6) is 0 Å². The second kappa shape index (κ2) is 5.49. The fraction of sp³-hybridized carbons (Fsp3) is 0.500. The maximum Gasteiger partial charge on any atom is 0.320 e. The summed E-state index contributed by atoms with van der Waals surface area (Å²) < 4.78 is 0. The van der Waals surface area contributed by atoms with Crippen molar-refractivity contribution < 1.29 is 14.7 Å². The Hall–Kier alpha value is -1.16. The number of rotatable bonds is 6. The van der Waals surface area contributed by atoms with Crippen molar-refractivity contribution in [3.05, 3.63) is 12.7 Å². The number of likely N-dealkylation sites (N-methyl/N-ethyl adjacent to an activating group) is 1. The van der Waals surface area contributed by atoms with Gasteiger partial charge in [-0.25, -0.2) is 0 Å². The maximum absolute atomic E-state index is 10.7. The lowest BCUT2D eigenvalue weighted by Crippen LogP contribution is -2.34. The van der Waals surface area contributed by atoms with E-state index in [-0.39, 0.29) is 12.2 Å². The quantitative estimate of drug-likeness (QED) is 0.560. The van der Waals surface area contributed by atoms with Gasteiger partial charge in [0.1, 0.15) is 6.04 Å². The molecule has 0 fully saturated rings. The summed E-state index contributed by atoms with van der Waals surface area (Å²) in [6.45, 7) is 3.29. The molecule has 0 saturated carbocycles. The van der Waals surface area contributed by atoms with Crippen LogP contribution in [-0.2, 0) is 9.59 Å². The minimum absolute atomic E-state index is 0.128. The molecular formula is C8H13NO3. The second-order valence-electron chi connectivity index (χ2n) is 2.39. The molecule has 0 unspecified atom stereocenters. The van der Waals surface area contributed by atoms with E-state index in [0.29, 0.717) is 6.42 Å². The molecule has 1 atom stereocenters. The predicted octanol–water partition coefficient (Wildman–Crippen LogP) is 0.194. The SMILES string of the molecule is C=CC(=O)CC[C@@H](NC)C(=O)O. The highest BCUT2D eigenvalue weighted by atomic mass is 16.4. The fourth-order valence-corrected chi connectivity index (χ4v) is 0.780. The van der Waals surface area contributed by atoms with Crippen LogP contribution in [0.3, 0.4) is 0 Å². The molecule has 0 saturated heterocycles. The molecule has 0 spiro atoms. The first-order chi connectivity index (χ1) is 5.61. The Morgan fingerprint density at radius 2 is 2.25 bits per heavy atom. The zero-order valence-corrected chi connectivity index (χ0v) is 7.04. The number of nitrogens with one attached hydrogen (secondary N) is 1. The van der Waals surface area contributed by atoms with E-state index < -0.39 is 12.0 Å². The van der Waals surface area contributed by atoms with Crippen LogP contribution in [0.15, 0.2) is 12.7 Å². The van der Waals surface area contributed by atoms with Gasteiger partial charge in [-0.15, -0.1) is 0 Å². The molecule has 0 aliphatic heterocycles. The summed E-state index contributed by atoms with van der Waals surface area (Å²) in [7, 11) is 1.55. The Labute approximate surface area is 71.3 Å². The zero-order chi connectivity index (χ0) is 9.56. The van der Waals surface area contributed by atoms with Crippen LogP contribution in [0.4, 0.5) is 0 Å². The predicted molar refractivity (Wildman–Crippen MR) is 44.9 cm³/mol. The van der Waals surface area contributed by atoms with Crippen molar-refractivity contribution in [1.29, 1.82) is 0 Å². The molecule has 0 aliphatic carbocycles. The lowest BCUT2D eigenvalue weighted by Gasteiger charge is -2.08. The van der Waals surface area contributed by atoms with Gasteiger partial charge >= 0.3 is 5.97 Å². The van der Waals surface area contributed by atoms with Crippen molar-refractivity contribution in [3.63, 3.8) is 0 Å². The first-order valence-corrected chi connectivity index (χ1v) is 3.67. The number of hydrogen-bond acceptors (Lipinski definition) is 3. The summed E-state index contributed by atoms with van der Waals surface area (Å²) in [5.74, 6) is -1.06. The molecule has 4 nitrogen and oxygen atoms in total. The van der Waals surface area contributed by atoms with Gasteiger partial charge in [0.25, 0.3) is 0 Å². The number of carboxylic acid groups (broad SMARTS) is 1. The largest absolute Gasteiger partial charge is 0.480 e. The number of hydrogen-bond donors (Lipinski definition) is 2. The fourth-order valence-electron chi connectivity index (χ4n) is 0.780. The van der Waals surface area contributed by atoms with Gasteiger partial charge < -0.3 is 10.4 Å². The smallest absolute Gasteiger partial charge is 0.320 e. The van der Waals surface area contributed by atoms with Crippen LogP contribution in [0.1, 0.15) is 12.8 Å². The van der Waals surface area contributed by atoms with Crippen LogP contribution in [-0.4, -0.2) is 29.9 Å². The van der Waals surface area contributed by atoms with Gasteiger partial charge in [-0.3, -0.25) is 9.59 Å². The Kier molecular flexibility index (Phi) is 4.96. The van der Waals surface area contributed by atoms with E-state index in [1.807, 2.05) is 0 Å². The molecule has 4 heteroatoms. The van der Waals surface area contributed by atoms with Crippen molar-refractivity contribution in [3.8, 4) is 0 Å². The average Bonchev–Trinajstić information content (AvgIpc) is 2.04. The van der Waals surface area contributed by atoms with E-state index in [4.69, 9.17) is 5.11 Å². The van der Waals surface area contributed by atoms with Gasteiger partial charge in [0.15, 0.2) is 5.78 Å². The second-order valence-corrected chi connectivity index (χ2v) is 2.39. The highest BCUT2D eigenvalue weighted by Crippen LogP contribution is 1.98. The van der Waals surface area contributed by atoms with Gasteiger partial charge in [0.05, 0.1) is 0 Å². The van der Waals surface area contributed by atoms with Gasteiger partial charge in [-0.2, -0.15) is 0 Å². The van der Waals surface area contributed by atoms with Crippen LogP contribution in [0.2, 0.25) is 0 Å². The van der Waals surface area contributed by atoms with Gasteiger partial charge in [0.2, 0.25) is 0 Å². The molecule has 0 amide bonds. The lowest BCUT2D eigenvalue weighted by molar-refractivity contribution is -0.139. The molecule has 0 aromatic heterocycles. The van der Waals surface area contributed by atoms with Crippen LogP contribution in [0, 0.1) is 0 Å². The van der Waals surface area contributed by atoms with Gasteiger partial charge in [-0.05, 0) is 19.5 Å². The monoisotopic (exact) mass is 171 g/mol. The summed E-state index contributed by atoms with van der Waals surface area (Å²) in [5.41, 5.74) is 0. The minimum Gasteiger partial charge on any atom is -0.480 e. The zero-order valence-electron chi connectivity index (χ0n) is 7.04. The number of aliphatic carboxylic acids is 1. The molecule has 0 aromatic rings. The molecule has 2 N–H and O–H groups in total. The number of allylic oxidation sites excluding steroid dienone is 1. The Balaban J connectivity index is 3.80. The van der Waals surface area contributed by atoms with Crippen molar-refractivity contribution in [2.45, 2.75) is 18.9 Å². The Morgan fingerprint density at radius 3 is 2.58 bits per heavy atom. The van der Waals surface area contributed by atoms with E-state index in [2.05, 4.69) is 11.9 Å². The number of ketones is 1. The highest BCUT2D eigenvalue weighted by molar-refractivity contribution is 5.89. The third-order valence-corrected chi connectivity index (χ3v) is 1.55. The standard InChI is InChI=1S/C8H13NO3/c1-3-6(10)4-5-7(9-2)8(11)12/h3,7,9H,1,4-5H2,2H3,(H,11,12)/t7-/m1/s1. The van der Waals surface area contributed by atoms with E-state index >= 15 is 0 Å². The van der Waals surface area contributed by atoms with Crippen molar-refractivity contribution in [1.82, 2.24) is 5.32 Å². The summed E-state index contributed by atoms with van der Waals surface area (Å²) in [5, 5.41) is 11.2. The van der Waals surface area contributed by atoms with Crippen LogP contribution in [0.25, 0.3) is 0 Å². The highest BCUT2D eigenvalue weighted by Gasteiger charge is 2.14. The molecule has 0 aliphatic rings. The van der Waals surface area contributed by atoms with Crippen LogP contribution >= 0.6 is 0 Å². The molecule has 0 radical (unpaired) electrons. The molecule has 0 aromatic carbocycles. The summed E-state index contributed by atoms with van der Waals surface area (Å²) in [6, 6.07) is -0.645. The van der Waals surface area contributed by atoms with Crippen molar-refractivity contribution in [2.75, 3.05) is 7.05 Å². The van der Waals surface area contributed by atoms with E-state index in [0.717, 1.165) is 0 Å². The van der Waals surface area contributed by atoms with Crippen molar-refractivity contribution >= 4 is 11.8 Å². The number of carboxylic acids is 1. The van der Waals surface area contributed by atoms with Crippen molar-refractivity contribution in [2.24, 2.45) is 0 Å². The molecule has 0 bridgehead atoms. The van der Waals surface area contributed by atoms with Gasteiger partial charge in [0, 0.05) is 6.42 Å². The minimum atomic E-state index is -0.936. The molecule has 0 rings (SSSR count). The first kappa shape index (κ1) is 10.8. The van der Waals surface area contributed by atoms with Gasteiger partial charge in [-0.1, -0.05) is 6.58 Å². The molecular weight excluding hydrogens is 158 g/mol.